The molecule has 1 fully saturated rings. The smallest absolute Gasteiger partial charge is 0.324 e. The van der Waals surface area contributed by atoms with Crippen LogP contribution in [0.2, 0.25) is 0 Å². The third kappa shape index (κ3) is 6.24. The van der Waals surface area contributed by atoms with Gasteiger partial charge in [0.05, 0.1) is 11.5 Å². The first kappa shape index (κ1) is 22.8. The van der Waals surface area contributed by atoms with Crippen LogP contribution in [0.1, 0.15) is 18.4 Å². The number of nitrogens with one attached hydrogen (secondary N) is 2. The molecule has 1 aromatic carbocycles. The Labute approximate surface area is 169 Å². The van der Waals surface area contributed by atoms with Crippen molar-refractivity contribution in [3.63, 3.8) is 0 Å². The van der Waals surface area contributed by atoms with Crippen LogP contribution in [0.25, 0.3) is 0 Å². The number of methoxy groups -OCH3 is 1. The molecule has 0 saturated carbocycles. The van der Waals surface area contributed by atoms with Crippen molar-refractivity contribution in [2.45, 2.75) is 30.7 Å². The van der Waals surface area contributed by atoms with Crippen LogP contribution < -0.4 is 10.6 Å². The second-order valence-electron chi connectivity index (χ2n) is 6.49. The van der Waals surface area contributed by atoms with Gasteiger partial charge in [-0.1, -0.05) is 17.7 Å². The van der Waals surface area contributed by atoms with Crippen molar-refractivity contribution in [3.8, 4) is 0 Å². The van der Waals surface area contributed by atoms with E-state index >= 15 is 0 Å². The first-order valence-corrected chi connectivity index (χ1v) is 10.5. The van der Waals surface area contributed by atoms with E-state index in [1.807, 2.05) is 12.2 Å². The zero-order valence-corrected chi connectivity index (χ0v) is 17.2. The van der Waals surface area contributed by atoms with Gasteiger partial charge in [0.15, 0.2) is 6.61 Å². The van der Waals surface area contributed by atoms with Crippen LogP contribution in [0, 0.1) is 6.92 Å². The van der Waals surface area contributed by atoms with Gasteiger partial charge in [0.1, 0.15) is 6.04 Å². The Morgan fingerprint density at radius 2 is 1.90 bits per heavy atom. The molecule has 0 unspecified atom stereocenters. The highest BCUT2D eigenvalue weighted by Gasteiger charge is 2.40. The Hall–Kier alpha value is -2.50. The van der Waals surface area contributed by atoms with Crippen LogP contribution in [0.4, 0.5) is 4.79 Å². The second-order valence-corrected chi connectivity index (χ2v) is 8.38. The van der Waals surface area contributed by atoms with Crippen molar-refractivity contribution in [2.75, 3.05) is 33.4 Å². The van der Waals surface area contributed by atoms with Crippen LogP contribution in [0.15, 0.2) is 29.2 Å². The van der Waals surface area contributed by atoms with Gasteiger partial charge in [-0.25, -0.2) is 13.2 Å². The highest BCUT2D eigenvalue weighted by atomic mass is 32.2. The molecule has 2 rings (SSSR count). The number of rotatable bonds is 8. The summed E-state index contributed by atoms with van der Waals surface area (Å²) in [5.41, 5.74) is 0.915. The van der Waals surface area contributed by atoms with Gasteiger partial charge in [0, 0.05) is 20.2 Å². The lowest BCUT2D eigenvalue weighted by atomic mass is 10.2. The van der Waals surface area contributed by atoms with Crippen LogP contribution in [-0.2, 0) is 29.1 Å². The Morgan fingerprint density at radius 1 is 1.21 bits per heavy atom. The molecule has 10 nitrogen and oxygen atoms in total. The number of nitrogens with zero attached hydrogens (tertiary/aromatic N) is 1. The minimum atomic E-state index is -3.86. The number of carbonyl (C=O) groups is 3. The summed E-state index contributed by atoms with van der Waals surface area (Å²) in [6.07, 6.45) is 0.794. The minimum absolute atomic E-state index is 0.0910. The molecule has 1 aliphatic rings. The van der Waals surface area contributed by atoms with Crippen LogP contribution in [0.3, 0.4) is 0 Å². The number of esters is 1. The quantitative estimate of drug-likeness (QED) is 0.446. The van der Waals surface area contributed by atoms with E-state index in [0.717, 1.165) is 9.87 Å². The molecule has 2 N–H and O–H groups in total. The van der Waals surface area contributed by atoms with E-state index in [-0.39, 0.29) is 24.6 Å². The molecule has 0 spiro atoms. The van der Waals surface area contributed by atoms with Crippen LogP contribution in [0.5, 0.6) is 0 Å². The van der Waals surface area contributed by atoms with Crippen molar-refractivity contribution in [2.24, 2.45) is 0 Å². The maximum atomic E-state index is 12.8. The summed E-state index contributed by atoms with van der Waals surface area (Å²) in [6.45, 7) is 1.83. The van der Waals surface area contributed by atoms with E-state index in [2.05, 4.69) is 5.32 Å². The highest BCUT2D eigenvalue weighted by molar-refractivity contribution is 7.89. The Kier molecular flexibility index (Phi) is 8.11. The van der Waals surface area contributed by atoms with E-state index in [1.165, 1.54) is 19.2 Å². The normalized spacial score (nSPS) is 17.0. The first-order chi connectivity index (χ1) is 13.8. The summed E-state index contributed by atoms with van der Waals surface area (Å²) in [7, 11) is -2.40. The molecule has 0 aliphatic carbocycles. The molecule has 0 bridgehead atoms. The average molecular weight is 427 g/mol. The minimum Gasteiger partial charge on any atom is -0.454 e. The third-order valence-corrected chi connectivity index (χ3v) is 6.22. The number of hydrogen-bond acceptors (Lipinski definition) is 7. The molecule has 0 aromatic heterocycles. The number of ether oxygens (including phenoxy) is 2. The molecule has 1 saturated heterocycles. The molecule has 29 heavy (non-hydrogen) atoms. The van der Waals surface area contributed by atoms with E-state index in [4.69, 9.17) is 9.47 Å². The molecule has 3 amide bonds. The van der Waals surface area contributed by atoms with Gasteiger partial charge >= 0.3 is 12.0 Å². The topological polar surface area (TPSA) is 131 Å². The van der Waals surface area contributed by atoms with E-state index in [1.54, 1.807) is 12.1 Å². The van der Waals surface area contributed by atoms with Gasteiger partial charge in [-0.2, -0.15) is 4.31 Å². The lowest BCUT2D eigenvalue weighted by Gasteiger charge is -2.22. The first-order valence-electron chi connectivity index (χ1n) is 9.07. The summed E-state index contributed by atoms with van der Waals surface area (Å²) < 4.78 is 36.5. The summed E-state index contributed by atoms with van der Waals surface area (Å²) in [6, 6.07) is 4.58. The molecule has 0 radical (unpaired) electrons. The number of benzene rings is 1. The maximum absolute atomic E-state index is 12.8. The van der Waals surface area contributed by atoms with Crippen LogP contribution >= 0.6 is 0 Å². The maximum Gasteiger partial charge on any atom is 0.324 e. The van der Waals surface area contributed by atoms with Crippen molar-refractivity contribution in [1.82, 2.24) is 14.9 Å². The van der Waals surface area contributed by atoms with Crippen LogP contribution in [-0.4, -0.2) is 70.1 Å². The molecule has 1 atom stereocenters. The monoisotopic (exact) mass is 427 g/mol. The van der Waals surface area contributed by atoms with Gasteiger partial charge in [-0.15, -0.1) is 0 Å². The van der Waals surface area contributed by atoms with Gasteiger partial charge in [0.2, 0.25) is 10.0 Å². The van der Waals surface area contributed by atoms with Crippen molar-refractivity contribution >= 4 is 27.9 Å². The number of aryl methyl sites for hydroxylation is 1. The van der Waals surface area contributed by atoms with Gasteiger partial charge < -0.3 is 14.8 Å². The summed E-state index contributed by atoms with van der Waals surface area (Å²) >= 11 is 0. The third-order valence-electron chi connectivity index (χ3n) is 4.29. The summed E-state index contributed by atoms with van der Waals surface area (Å²) in [4.78, 5) is 35.6. The van der Waals surface area contributed by atoms with E-state index in [9.17, 15) is 22.8 Å². The summed E-state index contributed by atoms with van der Waals surface area (Å²) in [5, 5.41) is 4.39. The summed E-state index contributed by atoms with van der Waals surface area (Å²) in [5.74, 6) is -1.65. The Balaban J connectivity index is 1.92. The van der Waals surface area contributed by atoms with E-state index in [0.29, 0.717) is 12.8 Å². The Morgan fingerprint density at radius 3 is 2.55 bits per heavy atom. The van der Waals surface area contributed by atoms with Gasteiger partial charge in [-0.05, 0) is 31.9 Å². The number of hydrogen-bond donors (Lipinski definition) is 2. The number of amides is 3. The fraction of sp³-hybridized carbons (Fsp3) is 0.500. The largest absolute Gasteiger partial charge is 0.454 e. The molecular weight excluding hydrogens is 402 g/mol. The fourth-order valence-corrected chi connectivity index (χ4v) is 4.46. The fourth-order valence-electron chi connectivity index (χ4n) is 2.82. The molecule has 1 heterocycles. The lowest BCUT2D eigenvalue weighted by molar-refractivity contribution is -0.151. The predicted molar refractivity (Wildman–Crippen MR) is 102 cm³/mol. The van der Waals surface area contributed by atoms with Crippen molar-refractivity contribution in [3.05, 3.63) is 29.8 Å². The second kappa shape index (κ2) is 10.3. The number of imide groups is 1. The predicted octanol–water partition coefficient (Wildman–Crippen LogP) is 0.164. The van der Waals surface area contributed by atoms with Crippen molar-refractivity contribution < 1.29 is 32.3 Å². The molecule has 1 aromatic rings. The number of urea groups is 1. The highest BCUT2D eigenvalue weighted by Crippen LogP contribution is 2.27. The lowest BCUT2D eigenvalue weighted by Crippen LogP contribution is -2.44. The SMILES string of the molecule is COCCNC(=O)NC(=O)COC(=O)[C@@H]1CCCN1S(=O)(=O)c1ccc(C)cc1. The molecule has 11 heteroatoms. The zero-order valence-electron chi connectivity index (χ0n) is 16.3. The number of carbonyl (C=O) groups excluding carboxylic acids is 3. The zero-order chi connectivity index (χ0) is 21.4. The van der Waals surface area contributed by atoms with Gasteiger partial charge in [-0.3, -0.25) is 14.9 Å². The standard InChI is InChI=1S/C18H25N3O7S/c1-13-5-7-14(8-6-13)29(25,26)21-10-3-4-15(21)17(23)28-12-16(22)20-18(24)19-9-11-27-2/h5-8,15H,3-4,9-12H2,1-2H3,(H2,19,20,22,24)/t15-/m0/s1. The molecule has 1 aliphatic heterocycles. The van der Waals surface area contributed by atoms with Gasteiger partial charge in [0.25, 0.3) is 5.91 Å². The molecule has 160 valence electrons. The Bertz CT molecular complexity index is 840. The molecular formula is C18H25N3O7S. The average Bonchev–Trinajstić information content (AvgIpc) is 3.17. The number of sulfonamides is 1. The van der Waals surface area contributed by atoms with Crippen molar-refractivity contribution in [1.29, 1.82) is 0 Å². The van der Waals surface area contributed by atoms with E-state index < -0.39 is 40.6 Å².